The molecule has 0 bridgehead atoms. The summed E-state index contributed by atoms with van der Waals surface area (Å²) in [4.78, 5) is 11.4. The number of carbonyl (C=O) groups is 1. The monoisotopic (exact) mass is 394 g/mol. The number of aryl methyl sites for hydroxylation is 1. The number of para-hydroxylation sites is 1. The molecule has 1 amide bonds. The van der Waals surface area contributed by atoms with E-state index >= 15 is 0 Å². The van der Waals surface area contributed by atoms with Gasteiger partial charge in [-0.05, 0) is 37.1 Å². The van der Waals surface area contributed by atoms with E-state index in [2.05, 4.69) is 10.6 Å². The molecule has 1 heterocycles. The first-order valence-electron chi connectivity index (χ1n) is 8.50. The van der Waals surface area contributed by atoms with Gasteiger partial charge in [0.05, 0.1) is 11.8 Å². The van der Waals surface area contributed by atoms with E-state index in [1.165, 1.54) is 12.1 Å². The number of anilines is 1. The summed E-state index contributed by atoms with van der Waals surface area (Å²) in [6.07, 6.45) is 0.637. The second-order valence-corrected chi connectivity index (χ2v) is 6.20. The normalized spacial score (nSPS) is 13.7. The summed E-state index contributed by atoms with van der Waals surface area (Å²) in [5.41, 5.74) is 1.67. The Labute approximate surface area is 163 Å². The number of ether oxygens (including phenoxy) is 1. The van der Waals surface area contributed by atoms with Crippen LogP contribution in [0.1, 0.15) is 23.7 Å². The summed E-state index contributed by atoms with van der Waals surface area (Å²) >= 11 is 0. The van der Waals surface area contributed by atoms with E-state index in [-0.39, 0.29) is 43.0 Å². The molecule has 1 aliphatic rings. The summed E-state index contributed by atoms with van der Waals surface area (Å²) in [5, 5.41) is 35.7. The standard InChI is InChI=1S/C19H22N2O5.ClH/c22-13-8-14(19-15(9-13)21-18(25)11-26-19)17(24)10-20-7-3-5-12-4-1-2-6-16(12)23;/h1-2,4,6,8-9,17,20,22-24H,3,5,7,10-11H2,(H,21,25);1H. The molecule has 27 heavy (non-hydrogen) atoms. The topological polar surface area (TPSA) is 111 Å². The van der Waals surface area contributed by atoms with Gasteiger partial charge in [0.2, 0.25) is 0 Å². The van der Waals surface area contributed by atoms with Gasteiger partial charge >= 0.3 is 0 Å². The predicted molar refractivity (Wildman–Crippen MR) is 104 cm³/mol. The number of rotatable bonds is 7. The number of fused-ring (bicyclic) bond motifs is 1. The fourth-order valence-corrected chi connectivity index (χ4v) is 2.94. The number of hydrogen-bond acceptors (Lipinski definition) is 6. The van der Waals surface area contributed by atoms with E-state index in [4.69, 9.17) is 4.74 Å². The Morgan fingerprint density at radius 3 is 2.78 bits per heavy atom. The Hall–Kier alpha value is -2.48. The summed E-state index contributed by atoms with van der Waals surface area (Å²) in [5.74, 6) is 0.318. The molecule has 1 aliphatic heterocycles. The fourth-order valence-electron chi connectivity index (χ4n) is 2.94. The van der Waals surface area contributed by atoms with Gasteiger partial charge in [-0.15, -0.1) is 12.4 Å². The Balaban J connectivity index is 0.00000261. The molecular weight excluding hydrogens is 372 g/mol. The molecule has 0 aromatic heterocycles. The van der Waals surface area contributed by atoms with Crippen LogP contribution in [0.2, 0.25) is 0 Å². The number of halogens is 1. The van der Waals surface area contributed by atoms with Crippen LogP contribution < -0.4 is 15.4 Å². The first-order chi connectivity index (χ1) is 12.5. The lowest BCUT2D eigenvalue weighted by Gasteiger charge is -2.23. The van der Waals surface area contributed by atoms with Crippen LogP contribution >= 0.6 is 12.4 Å². The minimum absolute atomic E-state index is 0. The summed E-state index contributed by atoms with van der Waals surface area (Å²) in [6, 6.07) is 10.0. The third-order valence-electron chi connectivity index (χ3n) is 4.21. The first-order valence-corrected chi connectivity index (χ1v) is 8.50. The van der Waals surface area contributed by atoms with E-state index in [0.29, 0.717) is 23.5 Å². The van der Waals surface area contributed by atoms with Gasteiger partial charge in [-0.25, -0.2) is 0 Å². The van der Waals surface area contributed by atoms with Crippen molar-refractivity contribution in [3.05, 3.63) is 47.5 Å². The number of hydrogen-bond donors (Lipinski definition) is 5. The minimum atomic E-state index is -0.893. The predicted octanol–water partition coefficient (Wildman–Crippen LogP) is 2.11. The van der Waals surface area contributed by atoms with E-state index in [1.807, 2.05) is 12.1 Å². The smallest absolute Gasteiger partial charge is 0.262 e. The highest BCUT2D eigenvalue weighted by Gasteiger charge is 2.24. The zero-order chi connectivity index (χ0) is 18.5. The summed E-state index contributed by atoms with van der Waals surface area (Å²) in [6.45, 7) is 0.809. The van der Waals surface area contributed by atoms with Gasteiger partial charge in [-0.2, -0.15) is 0 Å². The molecule has 2 aromatic carbocycles. The van der Waals surface area contributed by atoms with Crippen molar-refractivity contribution in [1.82, 2.24) is 5.32 Å². The minimum Gasteiger partial charge on any atom is -0.508 e. The maximum absolute atomic E-state index is 11.4. The highest BCUT2D eigenvalue weighted by molar-refractivity contribution is 5.96. The van der Waals surface area contributed by atoms with E-state index < -0.39 is 6.10 Å². The quantitative estimate of drug-likeness (QED) is 0.460. The second kappa shape index (κ2) is 9.45. The van der Waals surface area contributed by atoms with Gasteiger partial charge in [0.25, 0.3) is 5.91 Å². The van der Waals surface area contributed by atoms with Crippen LogP contribution in [0.5, 0.6) is 17.2 Å². The number of nitrogens with one attached hydrogen (secondary N) is 2. The zero-order valence-corrected chi connectivity index (χ0v) is 15.5. The van der Waals surface area contributed by atoms with Crippen LogP contribution in [0.4, 0.5) is 5.69 Å². The number of benzene rings is 2. The highest BCUT2D eigenvalue weighted by atomic mass is 35.5. The van der Waals surface area contributed by atoms with E-state index in [0.717, 1.165) is 18.4 Å². The maximum Gasteiger partial charge on any atom is 0.262 e. The van der Waals surface area contributed by atoms with Gasteiger partial charge in [0, 0.05) is 18.2 Å². The molecule has 5 N–H and O–H groups in total. The molecule has 0 aliphatic carbocycles. The Bertz CT molecular complexity index is 800. The number of amides is 1. The molecule has 146 valence electrons. The van der Waals surface area contributed by atoms with Crippen molar-refractivity contribution in [2.45, 2.75) is 18.9 Å². The molecule has 0 spiro atoms. The van der Waals surface area contributed by atoms with Crippen LogP contribution in [0.3, 0.4) is 0 Å². The van der Waals surface area contributed by atoms with Crippen LogP contribution in [0.25, 0.3) is 0 Å². The first kappa shape index (κ1) is 20.8. The molecule has 2 aromatic rings. The SMILES string of the molecule is Cl.O=C1COc2c(cc(O)cc2C(O)CNCCCc2ccccc2O)N1. The van der Waals surface area contributed by atoms with Crippen molar-refractivity contribution in [3.8, 4) is 17.2 Å². The highest BCUT2D eigenvalue weighted by Crippen LogP contribution is 2.38. The van der Waals surface area contributed by atoms with Crippen molar-refractivity contribution in [1.29, 1.82) is 0 Å². The molecule has 7 nitrogen and oxygen atoms in total. The molecule has 0 saturated carbocycles. The Morgan fingerprint density at radius 2 is 2.00 bits per heavy atom. The Kier molecular flexibility index (Phi) is 7.29. The molecule has 0 fully saturated rings. The summed E-state index contributed by atoms with van der Waals surface area (Å²) < 4.78 is 5.40. The molecular formula is C19H23ClN2O5. The van der Waals surface area contributed by atoms with Crippen LogP contribution in [-0.2, 0) is 11.2 Å². The maximum atomic E-state index is 11.4. The third kappa shape index (κ3) is 5.26. The van der Waals surface area contributed by atoms with Crippen molar-refractivity contribution >= 4 is 24.0 Å². The molecule has 1 unspecified atom stereocenters. The fraction of sp³-hybridized carbons (Fsp3) is 0.316. The van der Waals surface area contributed by atoms with E-state index in [9.17, 15) is 20.1 Å². The molecule has 1 atom stereocenters. The summed E-state index contributed by atoms with van der Waals surface area (Å²) in [7, 11) is 0. The lowest BCUT2D eigenvalue weighted by Crippen LogP contribution is -2.28. The number of phenols is 2. The number of phenolic OH excluding ortho intramolecular Hbond substituents is 2. The third-order valence-corrected chi connectivity index (χ3v) is 4.21. The number of aliphatic hydroxyl groups excluding tert-OH is 1. The lowest BCUT2D eigenvalue weighted by molar-refractivity contribution is -0.118. The van der Waals surface area contributed by atoms with Crippen LogP contribution in [0, 0.1) is 0 Å². The average molecular weight is 395 g/mol. The van der Waals surface area contributed by atoms with Crippen LogP contribution in [-0.4, -0.2) is 40.9 Å². The second-order valence-electron chi connectivity index (χ2n) is 6.20. The van der Waals surface area contributed by atoms with Gasteiger partial charge in [0.15, 0.2) is 6.61 Å². The molecule has 8 heteroatoms. The van der Waals surface area contributed by atoms with Crippen molar-refractivity contribution in [2.75, 3.05) is 25.0 Å². The van der Waals surface area contributed by atoms with Crippen molar-refractivity contribution in [3.63, 3.8) is 0 Å². The van der Waals surface area contributed by atoms with E-state index in [1.54, 1.807) is 12.1 Å². The van der Waals surface area contributed by atoms with Crippen LogP contribution in [0.15, 0.2) is 36.4 Å². The number of aliphatic hydroxyl groups is 1. The molecule has 0 saturated heterocycles. The van der Waals surface area contributed by atoms with Gasteiger partial charge in [0.1, 0.15) is 17.2 Å². The lowest BCUT2D eigenvalue weighted by atomic mass is 10.0. The van der Waals surface area contributed by atoms with Gasteiger partial charge in [-0.3, -0.25) is 4.79 Å². The number of aromatic hydroxyl groups is 2. The number of carbonyl (C=O) groups excluding carboxylic acids is 1. The van der Waals surface area contributed by atoms with Gasteiger partial charge < -0.3 is 30.7 Å². The Morgan fingerprint density at radius 1 is 1.22 bits per heavy atom. The molecule has 0 radical (unpaired) electrons. The van der Waals surface area contributed by atoms with Crippen molar-refractivity contribution in [2.24, 2.45) is 0 Å². The molecule has 3 rings (SSSR count). The largest absolute Gasteiger partial charge is 0.508 e. The van der Waals surface area contributed by atoms with Gasteiger partial charge in [-0.1, -0.05) is 18.2 Å². The van der Waals surface area contributed by atoms with Crippen molar-refractivity contribution < 1.29 is 24.9 Å². The average Bonchev–Trinajstić information content (AvgIpc) is 2.61. The zero-order valence-electron chi connectivity index (χ0n) is 14.6.